The molecule has 8 heteroatoms. The van der Waals surface area contributed by atoms with E-state index in [0.29, 0.717) is 35.4 Å². The number of amides is 2. The number of anilines is 1. The fourth-order valence-corrected chi connectivity index (χ4v) is 2.82. The molecule has 2 amide bonds. The molecule has 1 aromatic carbocycles. The molecule has 132 valence electrons. The molecule has 7 nitrogen and oxygen atoms in total. The number of ether oxygens (including phenoxy) is 3. The SMILES string of the molecule is COCCNC(=O)C1CC(=O)N(c2cc(OC)c(Cl)cc2OC)C1. The summed E-state index contributed by atoms with van der Waals surface area (Å²) >= 11 is 6.09. The van der Waals surface area contributed by atoms with Crippen molar-refractivity contribution < 1.29 is 23.8 Å². The van der Waals surface area contributed by atoms with E-state index in [9.17, 15) is 9.59 Å². The van der Waals surface area contributed by atoms with E-state index in [-0.39, 0.29) is 24.8 Å². The van der Waals surface area contributed by atoms with Gasteiger partial charge in [-0.15, -0.1) is 0 Å². The summed E-state index contributed by atoms with van der Waals surface area (Å²) < 4.78 is 15.4. The summed E-state index contributed by atoms with van der Waals surface area (Å²) in [5, 5.41) is 3.15. The van der Waals surface area contributed by atoms with Crippen molar-refractivity contribution in [2.45, 2.75) is 6.42 Å². The van der Waals surface area contributed by atoms with Gasteiger partial charge in [0.2, 0.25) is 11.8 Å². The molecule has 1 unspecified atom stereocenters. The van der Waals surface area contributed by atoms with Crippen LogP contribution in [0, 0.1) is 5.92 Å². The van der Waals surface area contributed by atoms with Gasteiger partial charge in [0.25, 0.3) is 0 Å². The Labute approximate surface area is 145 Å². The summed E-state index contributed by atoms with van der Waals surface area (Å²) in [7, 11) is 4.56. The van der Waals surface area contributed by atoms with Crippen LogP contribution >= 0.6 is 11.6 Å². The van der Waals surface area contributed by atoms with Crippen molar-refractivity contribution in [3.8, 4) is 11.5 Å². The third-order valence-electron chi connectivity index (χ3n) is 3.85. The number of benzene rings is 1. The quantitative estimate of drug-likeness (QED) is 0.749. The van der Waals surface area contributed by atoms with Crippen molar-refractivity contribution in [3.63, 3.8) is 0 Å². The first-order valence-corrected chi connectivity index (χ1v) is 7.88. The molecule has 1 aliphatic heterocycles. The molecular formula is C16H21ClN2O5. The van der Waals surface area contributed by atoms with Crippen LogP contribution in [0.3, 0.4) is 0 Å². The third-order valence-corrected chi connectivity index (χ3v) is 4.14. The smallest absolute Gasteiger partial charge is 0.227 e. The van der Waals surface area contributed by atoms with Crippen LogP contribution in [0.1, 0.15) is 6.42 Å². The number of nitrogens with one attached hydrogen (secondary N) is 1. The minimum absolute atomic E-state index is 0.146. The Morgan fingerprint density at radius 3 is 2.62 bits per heavy atom. The van der Waals surface area contributed by atoms with E-state index in [4.69, 9.17) is 25.8 Å². The van der Waals surface area contributed by atoms with Gasteiger partial charge in [0, 0.05) is 38.8 Å². The van der Waals surface area contributed by atoms with Crippen molar-refractivity contribution in [2.24, 2.45) is 5.92 Å². The van der Waals surface area contributed by atoms with E-state index >= 15 is 0 Å². The van der Waals surface area contributed by atoms with Gasteiger partial charge in [0.15, 0.2) is 0 Å². The first-order valence-electron chi connectivity index (χ1n) is 7.50. The van der Waals surface area contributed by atoms with E-state index in [1.54, 1.807) is 19.2 Å². The first-order chi connectivity index (χ1) is 11.5. The van der Waals surface area contributed by atoms with Crippen LogP contribution in [0.25, 0.3) is 0 Å². The maximum atomic E-state index is 12.4. The van der Waals surface area contributed by atoms with Crippen LogP contribution in [0.5, 0.6) is 11.5 Å². The molecule has 2 rings (SSSR count). The average Bonchev–Trinajstić information content (AvgIpc) is 2.96. The number of carbonyl (C=O) groups is 2. The second-order valence-electron chi connectivity index (χ2n) is 5.35. The molecule has 0 aromatic heterocycles. The summed E-state index contributed by atoms with van der Waals surface area (Å²) in [5.74, 6) is 0.163. The van der Waals surface area contributed by atoms with Crippen LogP contribution in [-0.2, 0) is 14.3 Å². The highest BCUT2D eigenvalue weighted by molar-refractivity contribution is 6.32. The fraction of sp³-hybridized carbons (Fsp3) is 0.500. The molecule has 0 aliphatic carbocycles. The van der Waals surface area contributed by atoms with Gasteiger partial charge in [-0.2, -0.15) is 0 Å². The lowest BCUT2D eigenvalue weighted by molar-refractivity contribution is -0.126. The molecule has 1 heterocycles. The zero-order valence-electron chi connectivity index (χ0n) is 13.9. The zero-order valence-corrected chi connectivity index (χ0v) is 14.7. The lowest BCUT2D eigenvalue weighted by Crippen LogP contribution is -2.34. The Balaban J connectivity index is 2.18. The van der Waals surface area contributed by atoms with Crippen molar-refractivity contribution >= 4 is 29.1 Å². The topological polar surface area (TPSA) is 77.1 Å². The number of carbonyl (C=O) groups excluding carboxylic acids is 2. The van der Waals surface area contributed by atoms with E-state index < -0.39 is 5.92 Å². The Hall–Kier alpha value is -1.99. The summed E-state index contributed by atoms with van der Waals surface area (Å²) in [4.78, 5) is 26.0. The van der Waals surface area contributed by atoms with Gasteiger partial charge in [-0.3, -0.25) is 9.59 Å². The molecule has 0 radical (unpaired) electrons. The highest BCUT2D eigenvalue weighted by Gasteiger charge is 2.36. The second-order valence-corrected chi connectivity index (χ2v) is 5.76. The molecule has 0 saturated carbocycles. The highest BCUT2D eigenvalue weighted by Crippen LogP contribution is 2.40. The maximum absolute atomic E-state index is 12.4. The summed E-state index contributed by atoms with van der Waals surface area (Å²) in [6, 6.07) is 3.24. The molecular weight excluding hydrogens is 336 g/mol. The van der Waals surface area contributed by atoms with Crippen LogP contribution < -0.4 is 19.7 Å². The van der Waals surface area contributed by atoms with Crippen molar-refractivity contribution in [1.82, 2.24) is 5.32 Å². The molecule has 1 aromatic rings. The third kappa shape index (κ3) is 3.91. The van der Waals surface area contributed by atoms with Crippen LogP contribution in [0.2, 0.25) is 5.02 Å². The molecule has 24 heavy (non-hydrogen) atoms. The minimum atomic E-state index is -0.416. The predicted molar refractivity (Wildman–Crippen MR) is 89.9 cm³/mol. The number of halogens is 1. The molecule has 1 aliphatic rings. The van der Waals surface area contributed by atoms with Gasteiger partial charge in [-0.1, -0.05) is 11.6 Å². The first kappa shape index (κ1) is 18.4. The van der Waals surface area contributed by atoms with E-state index in [2.05, 4.69) is 5.32 Å². The Morgan fingerprint density at radius 2 is 2.00 bits per heavy atom. The van der Waals surface area contributed by atoms with E-state index in [1.165, 1.54) is 19.1 Å². The second kappa shape index (κ2) is 8.21. The number of nitrogens with zero attached hydrogens (tertiary/aromatic N) is 1. The molecule has 1 fully saturated rings. The van der Waals surface area contributed by atoms with Crippen LogP contribution in [0.4, 0.5) is 5.69 Å². The Morgan fingerprint density at radius 1 is 1.29 bits per heavy atom. The van der Waals surface area contributed by atoms with Crippen LogP contribution in [0.15, 0.2) is 12.1 Å². The minimum Gasteiger partial charge on any atom is -0.495 e. The molecule has 1 atom stereocenters. The summed E-state index contributed by atoms with van der Waals surface area (Å²) in [6.45, 7) is 1.12. The Kier molecular flexibility index (Phi) is 6.28. The van der Waals surface area contributed by atoms with Gasteiger partial charge in [0.1, 0.15) is 11.5 Å². The largest absolute Gasteiger partial charge is 0.495 e. The summed E-state index contributed by atoms with van der Waals surface area (Å²) in [6.07, 6.45) is 0.146. The predicted octanol–water partition coefficient (Wildman–Crippen LogP) is 1.47. The normalized spacial score (nSPS) is 17.1. The monoisotopic (exact) mass is 356 g/mol. The standard InChI is InChI=1S/C16H21ClN2O5/c1-22-5-4-18-16(21)10-6-15(20)19(9-10)12-8-13(23-2)11(17)7-14(12)24-3/h7-8,10H,4-6,9H2,1-3H3,(H,18,21). The average molecular weight is 357 g/mol. The summed E-state index contributed by atoms with van der Waals surface area (Å²) in [5.41, 5.74) is 0.538. The Bertz CT molecular complexity index is 623. The molecule has 1 N–H and O–H groups in total. The van der Waals surface area contributed by atoms with Gasteiger partial charge in [-0.05, 0) is 0 Å². The highest BCUT2D eigenvalue weighted by atomic mass is 35.5. The molecule has 0 bridgehead atoms. The van der Waals surface area contributed by atoms with Gasteiger partial charge in [0.05, 0.1) is 37.5 Å². The lowest BCUT2D eigenvalue weighted by Gasteiger charge is -2.21. The van der Waals surface area contributed by atoms with Crippen LogP contribution in [-0.4, -0.2) is 52.8 Å². The van der Waals surface area contributed by atoms with E-state index in [0.717, 1.165) is 0 Å². The van der Waals surface area contributed by atoms with Crippen molar-refractivity contribution in [3.05, 3.63) is 17.2 Å². The molecule has 0 spiro atoms. The number of hydrogen-bond donors (Lipinski definition) is 1. The van der Waals surface area contributed by atoms with Crippen molar-refractivity contribution in [2.75, 3.05) is 45.9 Å². The fourth-order valence-electron chi connectivity index (χ4n) is 2.59. The molecule has 1 saturated heterocycles. The number of rotatable bonds is 7. The zero-order chi connectivity index (χ0) is 17.7. The van der Waals surface area contributed by atoms with Gasteiger partial charge in [-0.25, -0.2) is 0 Å². The maximum Gasteiger partial charge on any atom is 0.227 e. The van der Waals surface area contributed by atoms with Gasteiger partial charge >= 0.3 is 0 Å². The number of methoxy groups -OCH3 is 3. The van der Waals surface area contributed by atoms with Gasteiger partial charge < -0.3 is 24.4 Å². The number of hydrogen-bond acceptors (Lipinski definition) is 5. The van der Waals surface area contributed by atoms with Crippen molar-refractivity contribution in [1.29, 1.82) is 0 Å². The lowest BCUT2D eigenvalue weighted by atomic mass is 10.1. The van der Waals surface area contributed by atoms with E-state index in [1.807, 2.05) is 0 Å².